The maximum Gasteiger partial charge on any atom is 0.275 e. The summed E-state index contributed by atoms with van der Waals surface area (Å²) in [5.74, 6) is -0.529. The molecule has 0 aliphatic carbocycles. The monoisotopic (exact) mass is 544 g/mol. The van der Waals surface area contributed by atoms with Gasteiger partial charge in [0.25, 0.3) is 11.8 Å². The molecule has 0 saturated heterocycles. The first-order valence-corrected chi connectivity index (χ1v) is 12.7. The lowest BCUT2D eigenvalue weighted by molar-refractivity contribution is -0.141. The van der Waals surface area contributed by atoms with Crippen molar-refractivity contribution < 1.29 is 23.5 Å². The van der Waals surface area contributed by atoms with Crippen LogP contribution < -0.4 is 5.32 Å². The molecular weight excluding hydrogens is 515 g/mol. The molecule has 0 fully saturated rings. The highest BCUT2D eigenvalue weighted by molar-refractivity contribution is 5.83. The highest BCUT2D eigenvalue weighted by Crippen LogP contribution is 2.29. The Bertz CT molecular complexity index is 1550. The number of hydrogen-bond donors (Lipinski definition) is 1. The number of ether oxygens (including phenoxy) is 2. The van der Waals surface area contributed by atoms with Crippen LogP contribution in [0.4, 0.5) is 15.9 Å². The van der Waals surface area contributed by atoms with Gasteiger partial charge in [-0.25, -0.2) is 19.0 Å². The van der Waals surface area contributed by atoms with E-state index >= 15 is 0 Å². The normalized spacial score (nSPS) is 14.1. The molecule has 4 aromatic rings. The molecule has 2 atom stereocenters. The van der Waals surface area contributed by atoms with Gasteiger partial charge in [0.05, 0.1) is 12.4 Å². The second-order valence-corrected chi connectivity index (χ2v) is 9.54. The zero-order valence-corrected chi connectivity index (χ0v) is 22.6. The number of nitrogens with zero attached hydrogens (tertiary/aromatic N) is 5. The van der Waals surface area contributed by atoms with E-state index in [0.717, 1.165) is 34.0 Å². The third-order valence-electron chi connectivity index (χ3n) is 6.93. The molecule has 1 aliphatic heterocycles. The Labute approximate surface area is 230 Å². The maximum atomic E-state index is 14.7. The quantitative estimate of drug-likeness (QED) is 0.347. The van der Waals surface area contributed by atoms with E-state index in [4.69, 9.17) is 9.47 Å². The fraction of sp³-hybridized carbons (Fsp3) is 0.276. The van der Waals surface area contributed by atoms with Crippen LogP contribution in [0.25, 0.3) is 22.5 Å². The second kappa shape index (κ2) is 11.3. The van der Waals surface area contributed by atoms with Gasteiger partial charge in [0.15, 0.2) is 17.5 Å². The molecule has 0 saturated carbocycles. The molecule has 1 N–H and O–H groups in total. The lowest BCUT2D eigenvalue weighted by Crippen LogP contribution is -2.34. The van der Waals surface area contributed by atoms with Crippen LogP contribution in [0.1, 0.15) is 29.8 Å². The highest BCUT2D eigenvalue weighted by Gasteiger charge is 2.27. The molecule has 3 heterocycles. The van der Waals surface area contributed by atoms with Crippen LogP contribution in [0.3, 0.4) is 0 Å². The van der Waals surface area contributed by atoms with Gasteiger partial charge in [0.2, 0.25) is 0 Å². The van der Waals surface area contributed by atoms with E-state index < -0.39 is 18.0 Å². The van der Waals surface area contributed by atoms with Gasteiger partial charge in [-0.3, -0.25) is 9.59 Å². The minimum absolute atomic E-state index is 0.0379. The van der Waals surface area contributed by atoms with Gasteiger partial charge in [0.1, 0.15) is 12.2 Å². The summed E-state index contributed by atoms with van der Waals surface area (Å²) >= 11 is 0. The first kappa shape index (κ1) is 27.1. The molecule has 2 aromatic heterocycles. The Kier molecular flexibility index (Phi) is 7.67. The van der Waals surface area contributed by atoms with Gasteiger partial charge in [-0.2, -0.15) is 5.10 Å². The molecule has 2 aromatic carbocycles. The van der Waals surface area contributed by atoms with Crippen LogP contribution in [-0.4, -0.2) is 62.9 Å². The van der Waals surface area contributed by atoms with Crippen molar-refractivity contribution in [2.24, 2.45) is 0 Å². The molecule has 0 radical (unpaired) electrons. The summed E-state index contributed by atoms with van der Waals surface area (Å²) in [5.41, 5.74) is 4.98. The molecule has 40 heavy (non-hydrogen) atoms. The zero-order valence-electron chi connectivity index (χ0n) is 22.6. The highest BCUT2D eigenvalue weighted by atomic mass is 19.1. The number of rotatable bonds is 8. The van der Waals surface area contributed by atoms with Gasteiger partial charge in [0, 0.05) is 50.3 Å². The van der Waals surface area contributed by atoms with Crippen molar-refractivity contribution in [2.45, 2.75) is 39.1 Å². The predicted octanol–water partition coefficient (Wildman–Crippen LogP) is 4.44. The van der Waals surface area contributed by atoms with Crippen molar-refractivity contribution in [3.05, 3.63) is 78.0 Å². The smallest absolute Gasteiger partial charge is 0.275 e. The number of methoxy groups -OCH3 is 2. The summed E-state index contributed by atoms with van der Waals surface area (Å²) in [6.45, 7) is 4.36. The Balaban J connectivity index is 1.31. The number of hydrogen-bond acceptors (Lipinski definition) is 8. The van der Waals surface area contributed by atoms with Crippen molar-refractivity contribution in [1.29, 1.82) is 0 Å². The standard InChI is InChI=1S/C29H29FN6O4/c1-17(39-3)28(37)35-14-21-6-5-20(11-22(21)15-35)26-31-13-25(30)27(34-26)33-24-9-7-19(8-10-24)23-12-32-36(16-23)29(38)18(2)40-4/h5-13,16-18H,14-15H2,1-4H3,(H,31,33,34)/t17?,18-/m0/s1. The van der Waals surface area contributed by atoms with Gasteiger partial charge in [-0.1, -0.05) is 24.3 Å². The lowest BCUT2D eigenvalue weighted by Gasteiger charge is -2.19. The fourth-order valence-corrected chi connectivity index (χ4v) is 4.40. The van der Waals surface area contributed by atoms with Crippen LogP contribution in [0.5, 0.6) is 0 Å². The number of halogens is 1. The number of fused-ring (bicyclic) bond motifs is 1. The number of anilines is 2. The number of amides is 1. The van der Waals surface area contributed by atoms with E-state index in [1.165, 1.54) is 18.9 Å². The van der Waals surface area contributed by atoms with E-state index in [9.17, 15) is 14.0 Å². The van der Waals surface area contributed by atoms with Crippen molar-refractivity contribution in [1.82, 2.24) is 24.6 Å². The first-order valence-electron chi connectivity index (χ1n) is 12.7. The average molecular weight is 545 g/mol. The van der Waals surface area contributed by atoms with Gasteiger partial charge in [-0.05, 0) is 48.7 Å². The largest absolute Gasteiger partial charge is 0.372 e. The van der Waals surface area contributed by atoms with Gasteiger partial charge >= 0.3 is 0 Å². The lowest BCUT2D eigenvalue weighted by atomic mass is 10.1. The van der Waals surface area contributed by atoms with Crippen LogP contribution >= 0.6 is 0 Å². The molecular formula is C29H29FN6O4. The average Bonchev–Trinajstić information content (AvgIpc) is 3.64. The Morgan fingerprint density at radius 2 is 1.57 bits per heavy atom. The summed E-state index contributed by atoms with van der Waals surface area (Å²) in [4.78, 5) is 35.2. The van der Waals surface area contributed by atoms with E-state index in [-0.39, 0.29) is 17.6 Å². The summed E-state index contributed by atoms with van der Waals surface area (Å²) in [7, 11) is 2.98. The Hall–Kier alpha value is -4.48. The number of carbonyl (C=O) groups is 2. The van der Waals surface area contributed by atoms with Gasteiger partial charge in [-0.15, -0.1) is 0 Å². The van der Waals surface area contributed by atoms with Crippen molar-refractivity contribution in [3.63, 3.8) is 0 Å². The molecule has 206 valence electrons. The molecule has 5 rings (SSSR count). The molecule has 1 aliphatic rings. The summed E-state index contributed by atoms with van der Waals surface area (Å²) in [6.07, 6.45) is 3.26. The van der Waals surface area contributed by atoms with Crippen molar-refractivity contribution in [2.75, 3.05) is 19.5 Å². The van der Waals surface area contributed by atoms with Crippen LogP contribution in [0.15, 0.2) is 61.1 Å². The molecule has 11 heteroatoms. The minimum Gasteiger partial charge on any atom is -0.372 e. The number of benzene rings is 2. The van der Waals surface area contributed by atoms with E-state index in [1.54, 1.807) is 43.3 Å². The minimum atomic E-state index is -0.604. The topological polar surface area (TPSA) is 111 Å². The Morgan fingerprint density at radius 1 is 0.900 bits per heavy atom. The summed E-state index contributed by atoms with van der Waals surface area (Å²) in [6, 6.07) is 13.0. The van der Waals surface area contributed by atoms with Crippen LogP contribution in [0.2, 0.25) is 0 Å². The Morgan fingerprint density at radius 3 is 2.30 bits per heavy atom. The first-order chi connectivity index (χ1) is 19.3. The second-order valence-electron chi connectivity index (χ2n) is 9.54. The number of carbonyl (C=O) groups excluding carboxylic acids is 2. The predicted molar refractivity (Wildman–Crippen MR) is 146 cm³/mol. The van der Waals surface area contributed by atoms with Crippen LogP contribution in [0, 0.1) is 5.82 Å². The number of nitrogens with one attached hydrogen (secondary N) is 1. The van der Waals surface area contributed by atoms with Gasteiger partial charge < -0.3 is 19.7 Å². The summed E-state index contributed by atoms with van der Waals surface area (Å²) < 4.78 is 26.1. The van der Waals surface area contributed by atoms with Crippen molar-refractivity contribution in [3.8, 4) is 22.5 Å². The van der Waals surface area contributed by atoms with Crippen molar-refractivity contribution >= 4 is 23.3 Å². The third kappa shape index (κ3) is 5.47. The SMILES string of the molecule is COC(C)C(=O)N1Cc2ccc(-c3ncc(F)c(Nc4ccc(-c5cnn(C(=O)[C@H](C)OC)c5)cc4)n3)cc2C1. The molecule has 0 bridgehead atoms. The summed E-state index contributed by atoms with van der Waals surface area (Å²) in [5, 5.41) is 7.14. The molecule has 0 spiro atoms. The molecule has 1 unspecified atom stereocenters. The molecule has 10 nitrogen and oxygen atoms in total. The van der Waals surface area contributed by atoms with E-state index in [1.807, 2.05) is 30.3 Å². The zero-order chi connectivity index (χ0) is 28.4. The third-order valence-corrected chi connectivity index (χ3v) is 6.93. The van der Waals surface area contributed by atoms with E-state index in [2.05, 4.69) is 20.4 Å². The fourth-order valence-electron chi connectivity index (χ4n) is 4.40. The maximum absolute atomic E-state index is 14.7. The number of aromatic nitrogens is 4. The molecule has 1 amide bonds. The van der Waals surface area contributed by atoms with E-state index in [0.29, 0.717) is 24.6 Å². The van der Waals surface area contributed by atoms with Crippen LogP contribution in [-0.2, 0) is 27.4 Å².